The molecule has 51 heavy (non-hydrogen) atoms. The van der Waals surface area contributed by atoms with E-state index >= 15 is 0 Å². The number of benzene rings is 3. The summed E-state index contributed by atoms with van der Waals surface area (Å²) in [5.41, 5.74) is 4.91. The summed E-state index contributed by atoms with van der Waals surface area (Å²) in [4.78, 5) is 29.2. The first-order valence-electron chi connectivity index (χ1n) is 17.9. The molecule has 0 saturated carbocycles. The van der Waals surface area contributed by atoms with E-state index in [1.165, 1.54) is 0 Å². The molecule has 1 heterocycles. The molecule has 2 aliphatic carbocycles. The second-order valence-corrected chi connectivity index (χ2v) is 15.0. The zero-order valence-corrected chi connectivity index (χ0v) is 32.7. The van der Waals surface area contributed by atoms with E-state index in [2.05, 4.69) is 21.8 Å². The maximum absolute atomic E-state index is 13.8. The SMILES string of the molecule is CCOC.CN(C(=O)C1CCCCc2c1ccc(Cl)c2Cl)[C@H](CN1CC[C@H](O)C1)c1ccccc1.O=C(O)C1CCCCc2c1ccc(Cl)c2Cl. The van der Waals surface area contributed by atoms with Crippen molar-refractivity contribution in [3.8, 4) is 0 Å². The van der Waals surface area contributed by atoms with Gasteiger partial charge in [0.05, 0.1) is 44.1 Å². The van der Waals surface area contributed by atoms with Gasteiger partial charge in [-0.05, 0) is 91.8 Å². The zero-order chi connectivity index (χ0) is 37.1. The summed E-state index contributed by atoms with van der Waals surface area (Å²) in [5.74, 6) is -1.31. The van der Waals surface area contributed by atoms with Gasteiger partial charge < -0.3 is 19.8 Å². The standard InChI is InChI=1S/C25H30Cl2N2O2.C12H12Cl2O2.C3H8O/c1-28(23(17-7-3-2-4-8-17)16-29-14-13-18(30)15-29)25(31)21-10-6-5-9-20-19(21)11-12-22(26)24(20)27;13-10-6-5-7-8(11(10)14)3-1-2-4-9(7)12(15)16;1-3-4-2/h2-4,7-8,11-12,18,21,23,30H,5-6,9-10,13-16H2,1H3;5-6,9H,1-4H2,(H,15,16);3H2,1-2H3/t18-,21?,23+;;/m0../s1. The van der Waals surface area contributed by atoms with Gasteiger partial charge in [-0.2, -0.15) is 0 Å². The Morgan fingerprint density at radius 2 is 1.37 bits per heavy atom. The Balaban J connectivity index is 0.000000243. The number of hydrogen-bond acceptors (Lipinski definition) is 5. The number of likely N-dealkylation sites (tertiary alicyclic amines) is 1. The third-order valence-corrected chi connectivity index (χ3v) is 11.8. The number of nitrogens with zero attached hydrogens (tertiary/aromatic N) is 2. The van der Waals surface area contributed by atoms with Crippen LogP contribution in [-0.2, 0) is 27.2 Å². The molecule has 4 atom stereocenters. The lowest BCUT2D eigenvalue weighted by molar-refractivity contribution is -0.139. The van der Waals surface area contributed by atoms with Gasteiger partial charge in [0.25, 0.3) is 0 Å². The third-order valence-electron chi connectivity index (χ3n) is 10.1. The van der Waals surface area contributed by atoms with Crippen LogP contribution in [0.3, 0.4) is 0 Å². The number of methoxy groups -OCH3 is 1. The van der Waals surface area contributed by atoms with E-state index in [0.29, 0.717) is 39.6 Å². The fourth-order valence-electron chi connectivity index (χ4n) is 7.25. The number of rotatable bonds is 7. The highest BCUT2D eigenvalue weighted by molar-refractivity contribution is 6.43. The molecule has 3 aromatic carbocycles. The van der Waals surface area contributed by atoms with Gasteiger partial charge in [-0.25, -0.2) is 0 Å². The third kappa shape index (κ3) is 10.8. The summed E-state index contributed by atoms with van der Waals surface area (Å²) in [6.45, 7) is 5.00. The van der Waals surface area contributed by atoms with Gasteiger partial charge in [0.2, 0.25) is 5.91 Å². The molecular weight excluding hydrogens is 730 g/mol. The fraction of sp³-hybridized carbons (Fsp3) is 0.500. The van der Waals surface area contributed by atoms with E-state index in [-0.39, 0.29) is 24.0 Å². The quantitative estimate of drug-likeness (QED) is 0.232. The Hall–Kier alpha value is -2.36. The number of carboxylic acids is 1. The van der Waals surface area contributed by atoms with E-state index in [0.717, 1.165) is 92.3 Å². The first-order valence-corrected chi connectivity index (χ1v) is 19.4. The number of ether oxygens (including phenoxy) is 1. The van der Waals surface area contributed by atoms with Crippen LogP contribution in [0.1, 0.15) is 97.6 Å². The summed E-state index contributed by atoms with van der Waals surface area (Å²) in [6, 6.07) is 17.4. The van der Waals surface area contributed by atoms with Crippen LogP contribution in [0.25, 0.3) is 0 Å². The highest BCUT2D eigenvalue weighted by Crippen LogP contribution is 2.40. The number of aliphatic hydroxyl groups is 1. The summed E-state index contributed by atoms with van der Waals surface area (Å²) < 4.78 is 4.54. The predicted molar refractivity (Wildman–Crippen MR) is 208 cm³/mol. The molecule has 1 saturated heterocycles. The molecule has 1 fully saturated rings. The molecule has 6 rings (SSSR count). The van der Waals surface area contributed by atoms with Gasteiger partial charge in [0.1, 0.15) is 0 Å². The van der Waals surface area contributed by atoms with Gasteiger partial charge in [0, 0.05) is 40.4 Å². The van der Waals surface area contributed by atoms with Crippen molar-refractivity contribution < 1.29 is 24.5 Å². The molecular formula is C40H50Cl4N2O5. The van der Waals surface area contributed by atoms with Crippen molar-refractivity contribution in [2.24, 2.45) is 0 Å². The second-order valence-electron chi connectivity index (χ2n) is 13.4. The van der Waals surface area contributed by atoms with E-state index in [1.807, 2.05) is 49.2 Å². The first-order chi connectivity index (χ1) is 24.5. The highest BCUT2D eigenvalue weighted by atomic mass is 35.5. The van der Waals surface area contributed by atoms with Crippen molar-refractivity contribution in [1.82, 2.24) is 9.80 Å². The lowest BCUT2D eigenvalue weighted by atomic mass is 9.90. The minimum atomic E-state index is -0.776. The minimum Gasteiger partial charge on any atom is -0.481 e. The average Bonchev–Trinajstić information content (AvgIpc) is 3.30. The molecule has 0 aromatic heterocycles. The van der Waals surface area contributed by atoms with Crippen LogP contribution in [0.5, 0.6) is 0 Å². The van der Waals surface area contributed by atoms with Crippen LogP contribution in [0, 0.1) is 0 Å². The number of aliphatic carboxylic acids is 1. The molecule has 3 aromatic rings. The molecule has 278 valence electrons. The maximum Gasteiger partial charge on any atom is 0.310 e. The molecule has 0 radical (unpaired) electrons. The number of fused-ring (bicyclic) bond motifs is 2. The number of amides is 1. The Morgan fingerprint density at radius 3 is 1.86 bits per heavy atom. The normalized spacial score (nSPS) is 20.6. The average molecular weight is 781 g/mol. The topological polar surface area (TPSA) is 90.3 Å². The van der Waals surface area contributed by atoms with Gasteiger partial charge >= 0.3 is 5.97 Å². The van der Waals surface area contributed by atoms with Crippen molar-refractivity contribution in [2.45, 2.75) is 88.7 Å². The summed E-state index contributed by atoms with van der Waals surface area (Å²) in [5, 5.41) is 21.3. The van der Waals surface area contributed by atoms with Crippen LogP contribution >= 0.6 is 46.4 Å². The Bertz CT molecular complexity index is 1610. The molecule has 1 aliphatic heterocycles. The largest absolute Gasteiger partial charge is 0.481 e. The number of carbonyl (C=O) groups excluding carboxylic acids is 1. The number of carbonyl (C=O) groups is 2. The van der Waals surface area contributed by atoms with Crippen LogP contribution in [0.2, 0.25) is 20.1 Å². The van der Waals surface area contributed by atoms with Crippen molar-refractivity contribution in [2.75, 3.05) is 40.4 Å². The molecule has 2 unspecified atom stereocenters. The number of β-amino-alcohol motifs (C(OH)–C–C–N with tert-alkyl or cyclic N) is 1. The van der Waals surface area contributed by atoms with Crippen molar-refractivity contribution in [3.63, 3.8) is 0 Å². The number of halogens is 4. The van der Waals surface area contributed by atoms with Gasteiger partial charge in [-0.15, -0.1) is 0 Å². The number of aliphatic hydroxyl groups excluding tert-OH is 1. The van der Waals surface area contributed by atoms with E-state index < -0.39 is 11.9 Å². The molecule has 7 nitrogen and oxygen atoms in total. The first kappa shape index (κ1) is 41.4. The summed E-state index contributed by atoms with van der Waals surface area (Å²) in [6.07, 6.45) is 7.56. The number of hydrogen-bond donors (Lipinski definition) is 2. The molecule has 1 amide bonds. The summed E-state index contributed by atoms with van der Waals surface area (Å²) >= 11 is 24.9. The smallest absolute Gasteiger partial charge is 0.310 e. The molecule has 11 heteroatoms. The highest BCUT2D eigenvalue weighted by Gasteiger charge is 2.34. The monoisotopic (exact) mass is 778 g/mol. The van der Waals surface area contributed by atoms with E-state index in [1.54, 1.807) is 19.2 Å². The maximum atomic E-state index is 13.8. The minimum absolute atomic E-state index is 0.0755. The molecule has 0 spiro atoms. The van der Waals surface area contributed by atoms with Crippen LogP contribution in [0.15, 0.2) is 54.6 Å². The van der Waals surface area contributed by atoms with E-state index in [9.17, 15) is 19.8 Å². The van der Waals surface area contributed by atoms with Gasteiger partial charge in [-0.1, -0.05) is 102 Å². The number of carboxylic acid groups (broad SMARTS) is 1. The zero-order valence-electron chi connectivity index (χ0n) is 29.7. The number of likely N-dealkylation sites (N-methyl/N-ethyl adjacent to an activating group) is 1. The Kier molecular flexibility index (Phi) is 16.4. The fourth-order valence-corrected chi connectivity index (χ4v) is 8.14. The van der Waals surface area contributed by atoms with Crippen molar-refractivity contribution in [3.05, 3.63) is 103 Å². The lowest BCUT2D eigenvalue weighted by Gasteiger charge is -2.34. The van der Waals surface area contributed by atoms with Crippen molar-refractivity contribution >= 4 is 58.3 Å². The van der Waals surface area contributed by atoms with Crippen LogP contribution in [-0.4, -0.2) is 78.4 Å². The summed E-state index contributed by atoms with van der Waals surface area (Å²) in [7, 11) is 3.59. The molecule has 0 bridgehead atoms. The van der Waals surface area contributed by atoms with Crippen LogP contribution < -0.4 is 0 Å². The molecule has 2 N–H and O–H groups in total. The predicted octanol–water partition coefficient (Wildman–Crippen LogP) is 9.61. The van der Waals surface area contributed by atoms with Crippen LogP contribution in [0.4, 0.5) is 0 Å². The van der Waals surface area contributed by atoms with Gasteiger partial charge in [0.15, 0.2) is 0 Å². The second kappa shape index (κ2) is 20.2. The lowest BCUT2D eigenvalue weighted by Crippen LogP contribution is -2.41. The Labute approximate surface area is 322 Å². The van der Waals surface area contributed by atoms with E-state index in [4.69, 9.17) is 46.4 Å². The van der Waals surface area contributed by atoms with Crippen molar-refractivity contribution in [1.29, 1.82) is 0 Å². The van der Waals surface area contributed by atoms with Gasteiger partial charge in [-0.3, -0.25) is 14.5 Å². The molecule has 3 aliphatic rings. The Morgan fingerprint density at radius 1 is 0.843 bits per heavy atom.